The molecular formula is C29H42N2O21. The highest BCUT2D eigenvalue weighted by atomic mass is 16.8. The molecule has 4 rings (SSSR count). The first-order valence-corrected chi connectivity index (χ1v) is 15.8. The van der Waals surface area contributed by atoms with Crippen LogP contribution in [-0.4, -0.2) is 190 Å². The number of amides is 1. The highest BCUT2D eigenvalue weighted by molar-refractivity contribution is 5.76. The molecule has 23 nitrogen and oxygen atoms in total. The molecule has 1 aromatic carbocycles. The number of nitro groups is 1. The van der Waals surface area contributed by atoms with Gasteiger partial charge >= 0.3 is 5.97 Å². The van der Waals surface area contributed by atoms with Gasteiger partial charge in [-0.05, 0) is 12.1 Å². The summed E-state index contributed by atoms with van der Waals surface area (Å²) in [5.41, 5.74) is -0.272. The fourth-order valence-corrected chi connectivity index (χ4v) is 6.03. The highest BCUT2D eigenvalue weighted by Gasteiger charge is 2.60. The number of hydrogen-bond acceptors (Lipinski definition) is 20. The monoisotopic (exact) mass is 754 g/mol. The maximum absolute atomic E-state index is 12.7. The number of benzene rings is 1. The smallest absolute Gasteiger partial charge is 0.364 e. The number of carbonyl (C=O) groups excluding carboxylic acids is 1. The Kier molecular flexibility index (Phi) is 13.8. The van der Waals surface area contributed by atoms with Crippen molar-refractivity contribution in [3.8, 4) is 5.75 Å². The summed E-state index contributed by atoms with van der Waals surface area (Å²) in [4.78, 5) is 34.8. The number of carboxylic acids is 1. The minimum Gasteiger partial charge on any atom is -0.477 e. The first kappa shape index (κ1) is 41.5. The van der Waals surface area contributed by atoms with Gasteiger partial charge in [0, 0.05) is 25.5 Å². The van der Waals surface area contributed by atoms with Gasteiger partial charge in [0.15, 0.2) is 6.29 Å². The van der Waals surface area contributed by atoms with E-state index in [4.69, 9.17) is 28.4 Å². The first-order chi connectivity index (χ1) is 24.5. The van der Waals surface area contributed by atoms with Crippen molar-refractivity contribution in [2.75, 3.05) is 19.8 Å². The van der Waals surface area contributed by atoms with Gasteiger partial charge in [-0.15, -0.1) is 0 Å². The van der Waals surface area contributed by atoms with Crippen molar-refractivity contribution in [2.24, 2.45) is 0 Å². The minimum atomic E-state index is -3.07. The first-order valence-electron chi connectivity index (χ1n) is 15.8. The third-order valence-corrected chi connectivity index (χ3v) is 8.75. The van der Waals surface area contributed by atoms with Gasteiger partial charge in [-0.3, -0.25) is 14.9 Å². The molecule has 0 radical (unpaired) electrons. The summed E-state index contributed by atoms with van der Waals surface area (Å²) < 4.78 is 33.3. The van der Waals surface area contributed by atoms with Crippen molar-refractivity contribution in [3.05, 3.63) is 34.4 Å². The predicted molar refractivity (Wildman–Crippen MR) is 162 cm³/mol. The van der Waals surface area contributed by atoms with Crippen molar-refractivity contribution in [3.63, 3.8) is 0 Å². The van der Waals surface area contributed by atoms with Crippen LogP contribution in [0.3, 0.4) is 0 Å². The van der Waals surface area contributed by atoms with Crippen LogP contribution in [0.5, 0.6) is 5.75 Å². The van der Waals surface area contributed by atoms with E-state index in [1.54, 1.807) is 0 Å². The van der Waals surface area contributed by atoms with E-state index in [1.807, 2.05) is 0 Å². The van der Waals surface area contributed by atoms with Gasteiger partial charge < -0.3 is 89.9 Å². The molecule has 0 aliphatic carbocycles. The molecule has 12 N–H and O–H groups in total. The number of nitrogens with one attached hydrogen (secondary N) is 1. The maximum Gasteiger partial charge on any atom is 0.364 e. The molecule has 3 aliphatic rings. The number of aliphatic hydroxyl groups excluding tert-OH is 10. The van der Waals surface area contributed by atoms with E-state index in [1.165, 1.54) is 12.1 Å². The summed E-state index contributed by atoms with van der Waals surface area (Å²) in [6.45, 7) is -1.95. The van der Waals surface area contributed by atoms with Gasteiger partial charge in [-0.1, -0.05) is 0 Å². The number of carbonyl (C=O) groups is 2. The largest absolute Gasteiger partial charge is 0.477 e. The number of ether oxygens (including phenoxy) is 6. The van der Waals surface area contributed by atoms with Crippen molar-refractivity contribution >= 4 is 17.6 Å². The zero-order valence-corrected chi connectivity index (χ0v) is 27.2. The standard InChI is InChI=1S/C29H42N2O21/c1-10(35)30-17-13(36)6-29(28(43)44,51-24(17)18(38)14(37)7-32)52-25-19(39)15(8-33)48-27(22(25)42)50-23-16(9-34)49-26(21(41)20(23)40)47-12-4-2-11(3-5-12)31(45)46/h2-5,13-27,32-34,36-42H,6-9H2,1H3,(H,30,35)(H,43,44). The number of hydrogen-bond donors (Lipinski definition) is 12. The zero-order valence-electron chi connectivity index (χ0n) is 27.2. The Bertz CT molecular complexity index is 1370. The van der Waals surface area contributed by atoms with Crippen molar-refractivity contribution < 1.29 is 99.1 Å². The van der Waals surface area contributed by atoms with E-state index in [-0.39, 0.29) is 11.4 Å². The zero-order chi connectivity index (χ0) is 38.7. The molecular weight excluding hydrogens is 712 g/mol. The fourth-order valence-electron chi connectivity index (χ4n) is 6.03. The van der Waals surface area contributed by atoms with Gasteiger partial charge in [0.1, 0.15) is 72.9 Å². The van der Waals surface area contributed by atoms with Gasteiger partial charge in [-0.2, -0.15) is 0 Å². The van der Waals surface area contributed by atoms with E-state index in [0.717, 1.165) is 19.1 Å². The summed E-state index contributed by atoms with van der Waals surface area (Å²) in [6.07, 6.45) is -28.1. The molecule has 3 saturated heterocycles. The average Bonchev–Trinajstić information content (AvgIpc) is 3.11. The predicted octanol–water partition coefficient (Wildman–Crippen LogP) is -6.23. The summed E-state index contributed by atoms with van der Waals surface area (Å²) in [6, 6.07) is 2.98. The lowest BCUT2D eigenvalue weighted by atomic mass is 9.88. The Balaban J connectivity index is 1.57. The molecule has 294 valence electrons. The van der Waals surface area contributed by atoms with Crippen LogP contribution < -0.4 is 10.1 Å². The quantitative estimate of drug-likeness (QED) is 0.0621. The van der Waals surface area contributed by atoms with Crippen LogP contribution in [0.4, 0.5) is 5.69 Å². The van der Waals surface area contributed by atoms with Gasteiger partial charge in [-0.25, -0.2) is 4.79 Å². The third kappa shape index (κ3) is 8.75. The van der Waals surface area contributed by atoms with Gasteiger partial charge in [0.05, 0.1) is 36.9 Å². The number of nitrogens with zero attached hydrogens (tertiary/aromatic N) is 1. The molecule has 0 saturated carbocycles. The van der Waals surface area contributed by atoms with Crippen LogP contribution in [0.1, 0.15) is 13.3 Å². The Morgan fingerprint density at radius 3 is 2.10 bits per heavy atom. The molecule has 16 atom stereocenters. The van der Waals surface area contributed by atoms with E-state index < -0.39 is 141 Å². The lowest BCUT2D eigenvalue weighted by molar-refractivity contribution is -0.385. The molecule has 3 fully saturated rings. The maximum atomic E-state index is 12.7. The number of non-ortho nitro benzene ring substituents is 1. The molecule has 0 bridgehead atoms. The molecule has 3 aliphatic heterocycles. The van der Waals surface area contributed by atoms with Gasteiger partial charge in [0.2, 0.25) is 12.2 Å². The number of aliphatic carboxylic acids is 1. The summed E-state index contributed by atoms with van der Waals surface area (Å²) >= 11 is 0. The van der Waals surface area contributed by atoms with Crippen LogP contribution in [0.25, 0.3) is 0 Å². The molecule has 23 heteroatoms. The van der Waals surface area contributed by atoms with E-state index in [0.29, 0.717) is 0 Å². The average molecular weight is 755 g/mol. The van der Waals surface area contributed by atoms with E-state index in [9.17, 15) is 75.9 Å². The Labute approximate surface area is 293 Å². The second-order valence-electron chi connectivity index (χ2n) is 12.3. The van der Waals surface area contributed by atoms with Crippen LogP contribution in [0.15, 0.2) is 24.3 Å². The van der Waals surface area contributed by atoms with Crippen LogP contribution >= 0.6 is 0 Å². The van der Waals surface area contributed by atoms with E-state index >= 15 is 0 Å². The summed E-state index contributed by atoms with van der Waals surface area (Å²) in [7, 11) is 0. The molecule has 52 heavy (non-hydrogen) atoms. The number of carboxylic acid groups (broad SMARTS) is 1. The van der Waals surface area contributed by atoms with Gasteiger partial charge in [0.25, 0.3) is 11.5 Å². The van der Waals surface area contributed by atoms with Crippen molar-refractivity contribution in [1.82, 2.24) is 5.32 Å². The summed E-state index contributed by atoms with van der Waals surface area (Å²) in [5.74, 6) is -5.86. The summed E-state index contributed by atoms with van der Waals surface area (Å²) in [5, 5.41) is 129. The number of nitro benzene ring substituents is 1. The second kappa shape index (κ2) is 17.3. The van der Waals surface area contributed by atoms with Crippen LogP contribution in [0, 0.1) is 10.1 Å². The fraction of sp³-hybridized carbons (Fsp3) is 0.724. The Morgan fingerprint density at radius 1 is 0.942 bits per heavy atom. The molecule has 0 spiro atoms. The minimum absolute atomic E-state index is 0.0323. The van der Waals surface area contributed by atoms with E-state index in [2.05, 4.69) is 5.32 Å². The Hall–Kier alpha value is -3.24. The topological polar surface area (TPSA) is 367 Å². The number of rotatable bonds is 14. The van der Waals surface area contributed by atoms with Crippen LogP contribution in [-0.2, 0) is 33.3 Å². The highest BCUT2D eigenvalue weighted by Crippen LogP contribution is 2.38. The van der Waals surface area contributed by atoms with Crippen molar-refractivity contribution in [1.29, 1.82) is 0 Å². The molecule has 1 amide bonds. The Morgan fingerprint density at radius 2 is 1.56 bits per heavy atom. The molecule has 0 aromatic heterocycles. The molecule has 3 heterocycles. The normalized spacial score (nSPS) is 39.2. The van der Waals surface area contributed by atoms with Crippen molar-refractivity contribution in [2.45, 2.75) is 111 Å². The van der Waals surface area contributed by atoms with Crippen LogP contribution in [0.2, 0.25) is 0 Å². The third-order valence-electron chi connectivity index (χ3n) is 8.75. The molecule has 1 aromatic rings. The SMILES string of the molecule is CC(=O)NC1C(O)CC(OC2C(O)C(CO)OC(OC3C(CO)OC(Oc4ccc([N+](=O)[O-])cc4)C(O)C3O)C2O)(C(=O)O)OC1C(O)C(O)CO. The lowest BCUT2D eigenvalue weighted by Gasteiger charge is -2.50. The molecule has 16 unspecified atom stereocenters. The lowest BCUT2D eigenvalue weighted by Crippen LogP contribution is -2.71. The number of aliphatic hydroxyl groups is 10. The second-order valence-corrected chi connectivity index (χ2v) is 12.3.